The molecule has 1 aromatic carbocycles. The second-order valence-electron chi connectivity index (χ2n) is 6.54. The lowest BCUT2D eigenvalue weighted by Gasteiger charge is -2.17. The number of pyridine rings is 1. The molecule has 0 saturated carbocycles. The maximum Gasteiger partial charge on any atom is 0.212 e. The highest BCUT2D eigenvalue weighted by Crippen LogP contribution is 2.20. The number of hydrogen-bond donors (Lipinski definition) is 3. The topological polar surface area (TPSA) is 88.0 Å². The van der Waals surface area contributed by atoms with Gasteiger partial charge in [-0.05, 0) is 44.0 Å². The van der Waals surface area contributed by atoms with Crippen LogP contribution in [0, 0.1) is 0 Å². The van der Waals surface area contributed by atoms with Gasteiger partial charge in [-0.3, -0.25) is 0 Å². The minimum atomic E-state index is -0.678. The minimum Gasteiger partial charge on any atom is -0.491 e. The predicted octanol–water partition coefficient (Wildman–Crippen LogP) is 2.67. The molecule has 152 valence electrons. The number of nitrogens with one attached hydrogen (secondary N) is 2. The van der Waals surface area contributed by atoms with Gasteiger partial charge < -0.3 is 25.2 Å². The van der Waals surface area contributed by atoms with Gasteiger partial charge in [-0.15, -0.1) is 0 Å². The van der Waals surface area contributed by atoms with Gasteiger partial charge in [0.15, 0.2) is 5.96 Å². The van der Waals surface area contributed by atoms with Crippen molar-refractivity contribution in [3.63, 3.8) is 0 Å². The molecule has 0 spiro atoms. The number of rotatable bonds is 9. The number of ether oxygens (including phenoxy) is 2. The molecule has 2 aromatic rings. The van der Waals surface area contributed by atoms with E-state index in [1.54, 1.807) is 19.4 Å². The molecule has 0 aliphatic carbocycles. The Labute approximate surface area is 166 Å². The Kier molecular flexibility index (Phi) is 8.55. The molecule has 0 bridgehead atoms. The molecule has 1 unspecified atom stereocenters. The van der Waals surface area contributed by atoms with Crippen molar-refractivity contribution < 1.29 is 14.6 Å². The molecule has 1 atom stereocenters. The van der Waals surface area contributed by atoms with E-state index in [9.17, 15) is 5.11 Å². The summed E-state index contributed by atoms with van der Waals surface area (Å²) in [4.78, 5) is 8.72. The second kappa shape index (κ2) is 11.1. The van der Waals surface area contributed by atoms with Crippen LogP contribution in [0.4, 0.5) is 0 Å². The third kappa shape index (κ3) is 7.08. The molecule has 1 aromatic heterocycles. The quantitative estimate of drug-likeness (QED) is 0.454. The molecule has 0 amide bonds. The average Bonchev–Trinajstić information content (AvgIpc) is 2.70. The van der Waals surface area contributed by atoms with Crippen molar-refractivity contribution in [2.45, 2.75) is 39.5 Å². The summed E-state index contributed by atoms with van der Waals surface area (Å²) in [6.07, 6.45) is 1.15. The van der Waals surface area contributed by atoms with Crippen LogP contribution in [0.3, 0.4) is 0 Å². The molecule has 0 fully saturated rings. The molecule has 0 radical (unpaired) electrons. The van der Waals surface area contributed by atoms with Gasteiger partial charge in [0, 0.05) is 25.4 Å². The summed E-state index contributed by atoms with van der Waals surface area (Å²) in [5.41, 5.74) is 1.76. The van der Waals surface area contributed by atoms with E-state index in [1.165, 1.54) is 0 Å². The third-order valence-electron chi connectivity index (χ3n) is 3.85. The molecule has 0 aliphatic rings. The standard InChI is InChI=1S/C21H30N4O3/c1-5-22-21(24-13-16-9-10-20(27-4)23-12-16)25-14-19(26)17-7-6-8-18(11-17)28-15(2)3/h6-12,15,19,26H,5,13-14H2,1-4H3,(H2,22,24,25). The molecule has 0 saturated heterocycles. The van der Waals surface area contributed by atoms with Crippen LogP contribution in [0.2, 0.25) is 0 Å². The van der Waals surface area contributed by atoms with Crippen LogP contribution in [-0.2, 0) is 6.54 Å². The maximum absolute atomic E-state index is 10.5. The van der Waals surface area contributed by atoms with Crippen molar-refractivity contribution in [1.29, 1.82) is 0 Å². The summed E-state index contributed by atoms with van der Waals surface area (Å²) in [5.74, 6) is 1.95. The summed E-state index contributed by atoms with van der Waals surface area (Å²) in [7, 11) is 1.59. The van der Waals surface area contributed by atoms with E-state index >= 15 is 0 Å². The normalized spacial score (nSPS) is 12.6. The van der Waals surface area contributed by atoms with Crippen molar-refractivity contribution in [1.82, 2.24) is 15.6 Å². The highest BCUT2D eigenvalue weighted by Gasteiger charge is 2.10. The fourth-order valence-electron chi connectivity index (χ4n) is 2.52. The van der Waals surface area contributed by atoms with E-state index in [0.29, 0.717) is 24.9 Å². The number of aromatic nitrogens is 1. The zero-order valence-corrected chi connectivity index (χ0v) is 17.0. The van der Waals surface area contributed by atoms with E-state index in [-0.39, 0.29) is 6.10 Å². The smallest absolute Gasteiger partial charge is 0.212 e. The Morgan fingerprint density at radius 2 is 2.04 bits per heavy atom. The Bertz CT molecular complexity index is 748. The van der Waals surface area contributed by atoms with Crippen molar-refractivity contribution in [3.8, 4) is 11.6 Å². The van der Waals surface area contributed by atoms with Gasteiger partial charge in [-0.2, -0.15) is 0 Å². The number of methoxy groups -OCH3 is 1. The number of aliphatic hydroxyl groups is 1. The van der Waals surface area contributed by atoms with Gasteiger partial charge >= 0.3 is 0 Å². The number of guanidine groups is 1. The zero-order valence-electron chi connectivity index (χ0n) is 17.0. The SMILES string of the molecule is CCNC(=NCc1ccc(OC)nc1)NCC(O)c1cccc(OC(C)C)c1. The lowest BCUT2D eigenvalue weighted by atomic mass is 10.1. The first-order chi connectivity index (χ1) is 13.5. The molecule has 28 heavy (non-hydrogen) atoms. The van der Waals surface area contributed by atoms with E-state index in [2.05, 4.69) is 20.6 Å². The van der Waals surface area contributed by atoms with Crippen LogP contribution in [0.25, 0.3) is 0 Å². The van der Waals surface area contributed by atoms with Gasteiger partial charge in [0.1, 0.15) is 5.75 Å². The first kappa shape index (κ1) is 21.5. The minimum absolute atomic E-state index is 0.0884. The number of nitrogens with zero attached hydrogens (tertiary/aromatic N) is 2. The third-order valence-corrected chi connectivity index (χ3v) is 3.85. The first-order valence-corrected chi connectivity index (χ1v) is 9.47. The Morgan fingerprint density at radius 1 is 1.21 bits per heavy atom. The van der Waals surface area contributed by atoms with Crippen LogP contribution >= 0.6 is 0 Å². The first-order valence-electron chi connectivity index (χ1n) is 9.47. The van der Waals surface area contributed by atoms with Gasteiger partial charge in [0.2, 0.25) is 5.88 Å². The summed E-state index contributed by atoms with van der Waals surface area (Å²) in [6, 6.07) is 11.2. The molecular weight excluding hydrogens is 356 g/mol. The monoisotopic (exact) mass is 386 g/mol. The molecule has 2 rings (SSSR count). The Hall–Kier alpha value is -2.80. The lowest BCUT2D eigenvalue weighted by molar-refractivity contribution is 0.179. The van der Waals surface area contributed by atoms with E-state index in [4.69, 9.17) is 9.47 Å². The Morgan fingerprint density at radius 3 is 2.68 bits per heavy atom. The zero-order chi connectivity index (χ0) is 20.4. The maximum atomic E-state index is 10.5. The number of aliphatic hydroxyl groups excluding tert-OH is 1. The van der Waals surface area contributed by atoms with Gasteiger partial charge in [-0.25, -0.2) is 9.98 Å². The summed E-state index contributed by atoms with van der Waals surface area (Å²) in [6.45, 7) is 7.47. The molecule has 7 nitrogen and oxygen atoms in total. The molecule has 7 heteroatoms. The van der Waals surface area contributed by atoms with Crippen molar-refractivity contribution in [2.24, 2.45) is 4.99 Å². The predicted molar refractivity (Wildman–Crippen MR) is 111 cm³/mol. The molecule has 1 heterocycles. The van der Waals surface area contributed by atoms with E-state index < -0.39 is 6.10 Å². The molecule has 3 N–H and O–H groups in total. The number of hydrogen-bond acceptors (Lipinski definition) is 5. The average molecular weight is 386 g/mol. The van der Waals surface area contributed by atoms with E-state index in [1.807, 2.05) is 51.1 Å². The fourth-order valence-corrected chi connectivity index (χ4v) is 2.52. The van der Waals surface area contributed by atoms with Crippen LogP contribution in [0.5, 0.6) is 11.6 Å². The van der Waals surface area contributed by atoms with E-state index in [0.717, 1.165) is 23.4 Å². The number of aliphatic imine (C=N–C) groups is 1. The highest BCUT2D eigenvalue weighted by molar-refractivity contribution is 5.79. The van der Waals surface area contributed by atoms with Crippen LogP contribution < -0.4 is 20.1 Å². The second-order valence-corrected chi connectivity index (χ2v) is 6.54. The van der Waals surface area contributed by atoms with Crippen LogP contribution in [-0.4, -0.2) is 42.4 Å². The highest BCUT2D eigenvalue weighted by atomic mass is 16.5. The molecule has 0 aliphatic heterocycles. The molecular formula is C21H30N4O3. The van der Waals surface area contributed by atoms with Crippen molar-refractivity contribution in [3.05, 3.63) is 53.7 Å². The summed E-state index contributed by atoms with van der Waals surface area (Å²) >= 11 is 0. The van der Waals surface area contributed by atoms with Crippen molar-refractivity contribution >= 4 is 5.96 Å². The van der Waals surface area contributed by atoms with Gasteiger partial charge in [-0.1, -0.05) is 18.2 Å². The summed E-state index contributed by atoms with van der Waals surface area (Å²) in [5, 5.41) is 16.9. The largest absolute Gasteiger partial charge is 0.491 e. The van der Waals surface area contributed by atoms with Crippen molar-refractivity contribution in [2.75, 3.05) is 20.2 Å². The van der Waals surface area contributed by atoms with Crippen LogP contribution in [0.15, 0.2) is 47.6 Å². The Balaban J connectivity index is 1.95. The van der Waals surface area contributed by atoms with Crippen LogP contribution in [0.1, 0.15) is 38.0 Å². The summed E-state index contributed by atoms with van der Waals surface area (Å²) < 4.78 is 10.8. The lowest BCUT2D eigenvalue weighted by Crippen LogP contribution is -2.39. The fraction of sp³-hybridized carbons (Fsp3) is 0.429. The van der Waals surface area contributed by atoms with Gasteiger partial charge in [0.25, 0.3) is 0 Å². The number of benzene rings is 1. The van der Waals surface area contributed by atoms with Gasteiger partial charge in [0.05, 0.1) is 25.9 Å².